The lowest BCUT2D eigenvalue weighted by atomic mass is 9.89. The average Bonchev–Trinajstić information content (AvgIpc) is 2.77. The van der Waals surface area contributed by atoms with Gasteiger partial charge < -0.3 is 0 Å². The summed E-state index contributed by atoms with van der Waals surface area (Å²) in [6.07, 6.45) is 10.3. The van der Waals surface area contributed by atoms with E-state index < -0.39 is 0 Å². The predicted molar refractivity (Wildman–Crippen MR) is 68.0 cm³/mol. The molecule has 0 aromatic carbocycles. The fourth-order valence-electron chi connectivity index (χ4n) is 2.56. The molecule has 0 amide bonds. The largest absolute Gasteiger partial charge is 0.294 e. The fraction of sp³-hybridized carbons (Fsp3) is 0.714. The highest BCUT2D eigenvalue weighted by Crippen LogP contribution is 2.24. The van der Waals surface area contributed by atoms with Crippen molar-refractivity contribution in [1.29, 1.82) is 0 Å². The summed E-state index contributed by atoms with van der Waals surface area (Å²) in [6.45, 7) is 4.84. The third-order valence-electron chi connectivity index (χ3n) is 3.61. The number of nitrogens with zero attached hydrogens (tertiary/aromatic N) is 2. The maximum Gasteiger partial charge on any atom is 0.168 e. The van der Waals surface area contributed by atoms with Crippen LogP contribution in [-0.4, -0.2) is 15.6 Å². The first kappa shape index (κ1) is 12.3. The third-order valence-corrected chi connectivity index (χ3v) is 3.61. The summed E-state index contributed by atoms with van der Waals surface area (Å²) >= 11 is 0. The van der Waals surface area contributed by atoms with Crippen LogP contribution in [0.4, 0.5) is 0 Å². The molecule has 94 valence electrons. The van der Waals surface area contributed by atoms with Crippen molar-refractivity contribution in [3.8, 4) is 0 Å². The number of aromatic nitrogens is 2. The molecule has 2 rings (SSSR count). The van der Waals surface area contributed by atoms with E-state index in [4.69, 9.17) is 0 Å². The Morgan fingerprint density at radius 3 is 2.76 bits per heavy atom. The van der Waals surface area contributed by atoms with Crippen LogP contribution in [0.3, 0.4) is 0 Å². The zero-order valence-corrected chi connectivity index (χ0v) is 10.9. The first-order valence-corrected chi connectivity index (χ1v) is 6.73. The van der Waals surface area contributed by atoms with Crippen LogP contribution in [0.2, 0.25) is 0 Å². The van der Waals surface area contributed by atoms with Gasteiger partial charge in [0.1, 0.15) is 0 Å². The van der Waals surface area contributed by atoms with Crippen LogP contribution >= 0.6 is 0 Å². The van der Waals surface area contributed by atoms with Crippen molar-refractivity contribution < 1.29 is 4.79 Å². The minimum Gasteiger partial charge on any atom is -0.294 e. The first-order valence-electron chi connectivity index (χ1n) is 6.73. The van der Waals surface area contributed by atoms with Crippen LogP contribution in [0.25, 0.3) is 0 Å². The van der Waals surface area contributed by atoms with Gasteiger partial charge in [0, 0.05) is 18.7 Å². The Labute approximate surface area is 103 Å². The highest BCUT2D eigenvalue weighted by molar-refractivity contribution is 5.96. The van der Waals surface area contributed by atoms with Gasteiger partial charge in [-0.25, -0.2) is 0 Å². The Morgan fingerprint density at radius 1 is 1.41 bits per heavy atom. The number of carbonyl (C=O) groups excluding carboxylic acids is 1. The van der Waals surface area contributed by atoms with E-state index in [9.17, 15) is 4.79 Å². The maximum atomic E-state index is 11.8. The van der Waals surface area contributed by atoms with E-state index in [1.807, 2.05) is 24.7 Å². The van der Waals surface area contributed by atoms with Crippen molar-refractivity contribution in [1.82, 2.24) is 9.78 Å². The molecule has 17 heavy (non-hydrogen) atoms. The van der Waals surface area contributed by atoms with Crippen molar-refractivity contribution in [3.63, 3.8) is 0 Å². The molecule has 3 nitrogen and oxygen atoms in total. The topological polar surface area (TPSA) is 34.9 Å². The molecule has 0 spiro atoms. The van der Waals surface area contributed by atoms with Crippen LogP contribution in [-0.2, 0) is 6.54 Å². The molecular formula is C14H22N2O. The van der Waals surface area contributed by atoms with Gasteiger partial charge in [0.15, 0.2) is 5.78 Å². The number of hydrogen-bond donors (Lipinski definition) is 0. The van der Waals surface area contributed by atoms with E-state index in [0.29, 0.717) is 0 Å². The zero-order chi connectivity index (χ0) is 12.3. The molecule has 1 aromatic heterocycles. The summed E-state index contributed by atoms with van der Waals surface area (Å²) < 4.78 is 1.95. The number of Topliss-reactive ketones (excluding diaryl/α,β-unsaturated/α-hetero) is 1. The molecule has 1 saturated carbocycles. The van der Waals surface area contributed by atoms with E-state index >= 15 is 0 Å². The smallest absolute Gasteiger partial charge is 0.168 e. The summed E-state index contributed by atoms with van der Waals surface area (Å²) in [5.41, 5.74) is 0.760. The third kappa shape index (κ3) is 3.18. The summed E-state index contributed by atoms with van der Waals surface area (Å²) in [6, 6.07) is 0. The second kappa shape index (κ2) is 5.48. The summed E-state index contributed by atoms with van der Waals surface area (Å²) in [5.74, 6) is 1.01. The molecular weight excluding hydrogens is 212 g/mol. The standard InChI is InChI=1S/C14H22N2O/c1-11(2)14(17)13-8-15-16(10-13)9-12-6-4-3-5-7-12/h8,10-12H,3-7,9H2,1-2H3. The Balaban J connectivity index is 1.95. The molecule has 1 aliphatic rings. The van der Waals surface area contributed by atoms with E-state index in [0.717, 1.165) is 18.0 Å². The molecule has 1 fully saturated rings. The quantitative estimate of drug-likeness (QED) is 0.749. The zero-order valence-electron chi connectivity index (χ0n) is 10.9. The molecule has 3 heteroatoms. The van der Waals surface area contributed by atoms with Gasteiger partial charge in [0.05, 0.1) is 11.8 Å². The van der Waals surface area contributed by atoms with Gasteiger partial charge in [0.25, 0.3) is 0 Å². The number of carbonyl (C=O) groups is 1. The van der Waals surface area contributed by atoms with Crippen molar-refractivity contribution >= 4 is 5.78 Å². The van der Waals surface area contributed by atoms with Gasteiger partial charge in [0.2, 0.25) is 0 Å². The van der Waals surface area contributed by atoms with Crippen LogP contribution in [0, 0.1) is 11.8 Å². The lowest BCUT2D eigenvalue weighted by Gasteiger charge is -2.21. The highest BCUT2D eigenvalue weighted by Gasteiger charge is 2.16. The van der Waals surface area contributed by atoms with Crippen molar-refractivity contribution in [2.45, 2.75) is 52.5 Å². The SMILES string of the molecule is CC(C)C(=O)c1cnn(CC2CCCCC2)c1. The predicted octanol–water partition coefficient (Wildman–Crippen LogP) is 3.30. The Kier molecular flexibility index (Phi) is 3.97. The normalized spacial score (nSPS) is 17.6. The molecule has 0 saturated heterocycles. The molecule has 0 unspecified atom stereocenters. The van der Waals surface area contributed by atoms with Gasteiger partial charge in [-0.05, 0) is 18.8 Å². The Bertz CT molecular complexity index is 375. The monoisotopic (exact) mass is 234 g/mol. The minimum atomic E-state index is 0.0577. The number of hydrogen-bond acceptors (Lipinski definition) is 2. The summed E-state index contributed by atoms with van der Waals surface area (Å²) in [7, 11) is 0. The van der Waals surface area contributed by atoms with Gasteiger partial charge in [-0.15, -0.1) is 0 Å². The van der Waals surface area contributed by atoms with Crippen molar-refractivity contribution in [2.24, 2.45) is 11.8 Å². The van der Waals surface area contributed by atoms with Crippen LogP contribution in [0.15, 0.2) is 12.4 Å². The minimum absolute atomic E-state index is 0.0577. The Morgan fingerprint density at radius 2 is 2.12 bits per heavy atom. The molecule has 0 bridgehead atoms. The molecule has 1 aliphatic carbocycles. The fourth-order valence-corrected chi connectivity index (χ4v) is 2.56. The lowest BCUT2D eigenvalue weighted by Crippen LogP contribution is -2.14. The lowest BCUT2D eigenvalue weighted by molar-refractivity contribution is 0.0939. The molecule has 0 aliphatic heterocycles. The van der Waals surface area contributed by atoms with E-state index in [2.05, 4.69) is 5.10 Å². The molecule has 1 aromatic rings. The second-order valence-corrected chi connectivity index (χ2v) is 5.47. The van der Waals surface area contributed by atoms with Crippen LogP contribution in [0.1, 0.15) is 56.3 Å². The van der Waals surface area contributed by atoms with Gasteiger partial charge in [-0.3, -0.25) is 9.48 Å². The molecule has 0 atom stereocenters. The van der Waals surface area contributed by atoms with Gasteiger partial charge >= 0.3 is 0 Å². The van der Waals surface area contributed by atoms with Crippen molar-refractivity contribution in [2.75, 3.05) is 0 Å². The second-order valence-electron chi connectivity index (χ2n) is 5.47. The summed E-state index contributed by atoms with van der Waals surface area (Å²) in [4.78, 5) is 11.8. The highest BCUT2D eigenvalue weighted by atomic mass is 16.1. The number of ketones is 1. The van der Waals surface area contributed by atoms with E-state index in [1.54, 1.807) is 6.20 Å². The summed E-state index contributed by atoms with van der Waals surface area (Å²) in [5, 5.41) is 4.31. The van der Waals surface area contributed by atoms with Gasteiger partial charge in [-0.1, -0.05) is 33.1 Å². The average molecular weight is 234 g/mol. The van der Waals surface area contributed by atoms with Gasteiger partial charge in [-0.2, -0.15) is 5.10 Å². The van der Waals surface area contributed by atoms with E-state index in [-0.39, 0.29) is 11.7 Å². The molecule has 0 N–H and O–H groups in total. The maximum absolute atomic E-state index is 11.8. The molecule has 0 radical (unpaired) electrons. The van der Waals surface area contributed by atoms with Crippen LogP contribution in [0.5, 0.6) is 0 Å². The molecule has 1 heterocycles. The first-order chi connectivity index (χ1) is 8.16. The van der Waals surface area contributed by atoms with Crippen LogP contribution < -0.4 is 0 Å². The number of rotatable bonds is 4. The van der Waals surface area contributed by atoms with E-state index in [1.165, 1.54) is 32.1 Å². The Hall–Kier alpha value is -1.12. The van der Waals surface area contributed by atoms with Crippen molar-refractivity contribution in [3.05, 3.63) is 18.0 Å².